The van der Waals surface area contributed by atoms with Crippen molar-refractivity contribution in [2.75, 3.05) is 7.11 Å². The largest absolute Gasteiger partial charge is 1.00 e. The molecule has 3 nitrogen and oxygen atoms in total. The van der Waals surface area contributed by atoms with E-state index in [0.29, 0.717) is 11.3 Å². The van der Waals surface area contributed by atoms with E-state index in [0.717, 1.165) is 11.6 Å². The van der Waals surface area contributed by atoms with Crippen LogP contribution in [0.4, 0.5) is 0 Å². The molecule has 0 bridgehead atoms. The number of hydrogen-bond acceptors (Lipinski definition) is 3. The van der Waals surface area contributed by atoms with Crippen molar-refractivity contribution in [1.29, 1.82) is 0 Å². The minimum atomic E-state index is -1.19. The van der Waals surface area contributed by atoms with Gasteiger partial charge in [0.25, 0.3) is 0 Å². The van der Waals surface area contributed by atoms with Crippen LogP contribution < -0.4 is 39.4 Å². The van der Waals surface area contributed by atoms with Crippen LogP contribution in [0.15, 0.2) is 30.3 Å². The molecule has 74 valence electrons. The van der Waals surface area contributed by atoms with Crippen molar-refractivity contribution in [3.05, 3.63) is 35.9 Å². The molecule has 0 aliphatic rings. The number of rotatable bonds is 3. The monoisotopic (exact) mass is 214 g/mol. The van der Waals surface area contributed by atoms with Gasteiger partial charge in [0.2, 0.25) is 0 Å². The molecule has 0 atom stereocenters. The molecule has 4 heteroatoms. The topological polar surface area (TPSA) is 49.4 Å². The Hall–Kier alpha value is -0.770. The van der Waals surface area contributed by atoms with Gasteiger partial charge in [0.15, 0.2) is 0 Å². The molecule has 0 aromatic heterocycles. The summed E-state index contributed by atoms with van der Waals surface area (Å²) in [5.41, 5.74) is 1.46. The van der Waals surface area contributed by atoms with E-state index in [1.807, 2.05) is 6.07 Å². The first kappa shape index (κ1) is 14.2. The Bertz CT molecular complexity index is 372. The Balaban J connectivity index is 0.00000196. The summed E-state index contributed by atoms with van der Waals surface area (Å²) >= 11 is 0. The second-order valence-electron chi connectivity index (χ2n) is 2.88. The van der Waals surface area contributed by atoms with Crippen molar-refractivity contribution in [2.45, 2.75) is 6.92 Å². The fourth-order valence-corrected chi connectivity index (χ4v) is 1.13. The maximum atomic E-state index is 10.3. The summed E-state index contributed by atoms with van der Waals surface area (Å²) in [6.07, 6.45) is 1.06. The van der Waals surface area contributed by atoms with Gasteiger partial charge in [0.05, 0.1) is 13.1 Å². The first-order valence-electron chi connectivity index (χ1n) is 4.17. The van der Waals surface area contributed by atoms with Crippen molar-refractivity contribution in [1.82, 2.24) is 0 Å². The molecule has 15 heavy (non-hydrogen) atoms. The third-order valence-electron chi connectivity index (χ3n) is 1.86. The average Bonchev–Trinajstić information content (AvgIpc) is 2.17. The van der Waals surface area contributed by atoms with E-state index in [4.69, 9.17) is 4.74 Å². The van der Waals surface area contributed by atoms with Gasteiger partial charge in [-0.2, -0.15) is 0 Å². The molecule has 0 saturated carbocycles. The molecule has 0 unspecified atom stereocenters. The van der Waals surface area contributed by atoms with Gasteiger partial charge in [-0.25, -0.2) is 0 Å². The standard InChI is InChI=1S/C11H12O3.Na/c1-8(6-11(12)13)9-4-3-5-10(7-9)14-2;/h3-7H,1-2H3,(H,12,13);/q;+1/p-1. The zero-order chi connectivity index (χ0) is 10.6. The summed E-state index contributed by atoms with van der Waals surface area (Å²) in [5.74, 6) is -0.487. The fraction of sp³-hybridized carbons (Fsp3) is 0.182. The van der Waals surface area contributed by atoms with Crippen molar-refractivity contribution in [3.8, 4) is 5.75 Å². The van der Waals surface area contributed by atoms with E-state index in [1.165, 1.54) is 0 Å². The van der Waals surface area contributed by atoms with Crippen LogP contribution in [0.2, 0.25) is 0 Å². The number of carbonyl (C=O) groups excluding carboxylic acids is 1. The molecule has 1 aromatic rings. The Morgan fingerprint density at radius 3 is 2.67 bits per heavy atom. The molecule has 0 heterocycles. The number of hydrogen-bond donors (Lipinski definition) is 0. The number of benzene rings is 1. The molecule has 0 fully saturated rings. The van der Waals surface area contributed by atoms with Crippen LogP contribution >= 0.6 is 0 Å². The number of methoxy groups -OCH3 is 1. The third-order valence-corrected chi connectivity index (χ3v) is 1.86. The predicted molar refractivity (Wildman–Crippen MR) is 51.7 cm³/mol. The molecular formula is C11H11NaO3. The molecule has 0 aliphatic heterocycles. The zero-order valence-corrected chi connectivity index (χ0v) is 11.1. The Morgan fingerprint density at radius 2 is 2.13 bits per heavy atom. The van der Waals surface area contributed by atoms with Crippen molar-refractivity contribution in [3.63, 3.8) is 0 Å². The third kappa shape index (κ3) is 4.51. The maximum Gasteiger partial charge on any atom is 1.00 e. The Morgan fingerprint density at radius 1 is 1.47 bits per heavy atom. The SMILES string of the molecule is COc1cccc(C(C)=CC(=O)[O-])c1.[Na+]. The summed E-state index contributed by atoms with van der Waals surface area (Å²) in [7, 11) is 1.57. The predicted octanol–water partition coefficient (Wildman–Crippen LogP) is -2.15. The number of carboxylic acids is 1. The van der Waals surface area contributed by atoms with Crippen LogP contribution in [-0.4, -0.2) is 13.1 Å². The smallest absolute Gasteiger partial charge is 0.545 e. The zero-order valence-electron chi connectivity index (χ0n) is 9.11. The minimum absolute atomic E-state index is 0. The molecule has 0 N–H and O–H groups in total. The molecule has 0 amide bonds. The van der Waals surface area contributed by atoms with Gasteiger partial charge in [0.1, 0.15) is 5.75 Å². The van der Waals surface area contributed by atoms with Gasteiger partial charge in [-0.05, 0) is 36.3 Å². The Kier molecular flexibility index (Phi) is 6.32. The molecule has 0 aliphatic carbocycles. The van der Waals surface area contributed by atoms with Crippen molar-refractivity contribution < 1.29 is 44.2 Å². The number of allylic oxidation sites excluding steroid dienone is 1. The van der Waals surface area contributed by atoms with Crippen LogP contribution in [0.3, 0.4) is 0 Å². The first-order valence-corrected chi connectivity index (χ1v) is 4.17. The second-order valence-corrected chi connectivity index (χ2v) is 2.88. The van der Waals surface area contributed by atoms with E-state index in [1.54, 1.807) is 32.2 Å². The molecular weight excluding hydrogens is 203 g/mol. The molecule has 1 rings (SSSR count). The normalized spacial score (nSPS) is 10.4. The van der Waals surface area contributed by atoms with Crippen LogP contribution in [0.5, 0.6) is 5.75 Å². The number of ether oxygens (including phenoxy) is 1. The summed E-state index contributed by atoms with van der Waals surface area (Å²) in [5, 5.41) is 10.3. The quantitative estimate of drug-likeness (QED) is 0.426. The van der Waals surface area contributed by atoms with Crippen LogP contribution in [-0.2, 0) is 4.79 Å². The van der Waals surface area contributed by atoms with E-state index in [-0.39, 0.29) is 29.6 Å². The molecule has 0 spiro atoms. The second kappa shape index (κ2) is 6.67. The van der Waals surface area contributed by atoms with Crippen LogP contribution in [0, 0.1) is 0 Å². The molecule has 0 radical (unpaired) electrons. The summed E-state index contributed by atoms with van der Waals surface area (Å²) in [6.45, 7) is 1.71. The molecule has 0 saturated heterocycles. The Labute approximate surface area is 111 Å². The van der Waals surface area contributed by atoms with E-state index in [2.05, 4.69) is 0 Å². The first-order chi connectivity index (χ1) is 6.63. The fourth-order valence-electron chi connectivity index (χ4n) is 1.13. The molecule has 1 aromatic carbocycles. The van der Waals surface area contributed by atoms with Gasteiger partial charge < -0.3 is 14.6 Å². The number of aliphatic carboxylic acids is 1. The van der Waals surface area contributed by atoms with Crippen molar-refractivity contribution >= 4 is 11.5 Å². The van der Waals surface area contributed by atoms with E-state index in [9.17, 15) is 9.90 Å². The van der Waals surface area contributed by atoms with Gasteiger partial charge in [0, 0.05) is 0 Å². The van der Waals surface area contributed by atoms with Gasteiger partial charge in [-0.1, -0.05) is 12.1 Å². The van der Waals surface area contributed by atoms with Gasteiger partial charge >= 0.3 is 29.6 Å². The number of carboxylic acid groups (broad SMARTS) is 1. The van der Waals surface area contributed by atoms with E-state index >= 15 is 0 Å². The average molecular weight is 214 g/mol. The van der Waals surface area contributed by atoms with Crippen LogP contribution in [0.25, 0.3) is 5.57 Å². The minimum Gasteiger partial charge on any atom is -0.545 e. The van der Waals surface area contributed by atoms with Crippen LogP contribution in [0.1, 0.15) is 12.5 Å². The summed E-state index contributed by atoms with van der Waals surface area (Å²) < 4.78 is 5.02. The van der Waals surface area contributed by atoms with Crippen molar-refractivity contribution in [2.24, 2.45) is 0 Å². The van der Waals surface area contributed by atoms with Gasteiger partial charge in [-0.15, -0.1) is 0 Å². The number of carbonyl (C=O) groups is 1. The maximum absolute atomic E-state index is 10.3. The van der Waals surface area contributed by atoms with Gasteiger partial charge in [-0.3, -0.25) is 0 Å². The summed E-state index contributed by atoms with van der Waals surface area (Å²) in [4.78, 5) is 10.3. The summed E-state index contributed by atoms with van der Waals surface area (Å²) in [6, 6.07) is 7.20. The van der Waals surface area contributed by atoms with E-state index < -0.39 is 5.97 Å².